The number of Topliss-reactive ketones (excluding diaryl/α,β-unsaturated/α-hetero) is 2. The number of aryl methyl sites for hydroxylation is 7. The lowest BCUT2D eigenvalue weighted by Gasteiger charge is -2.18. The molecule has 1 saturated heterocycles. The topological polar surface area (TPSA) is 211 Å². The van der Waals surface area contributed by atoms with Gasteiger partial charge in [-0.25, -0.2) is 9.97 Å². The third kappa shape index (κ3) is 24.5. The number of nitrogens with one attached hydrogen (secondary N) is 1. The number of aromatic nitrogens is 6. The molecule has 1 aliphatic rings. The Morgan fingerprint density at radius 2 is 0.953 bits per heavy atom. The third-order valence-corrected chi connectivity index (χ3v) is 20.8. The predicted molar refractivity (Wildman–Crippen MR) is 441 cm³/mol. The zero-order valence-corrected chi connectivity index (χ0v) is 67.9. The minimum absolute atomic E-state index is 0.0159. The maximum Gasteiger partial charge on any atom is 0.309 e. The molecule has 8 aromatic carbocycles. The fourth-order valence-corrected chi connectivity index (χ4v) is 14.7. The van der Waals surface area contributed by atoms with Gasteiger partial charge in [-0.05, 0) is 207 Å². The highest BCUT2D eigenvalue weighted by molar-refractivity contribution is 8.00. The van der Waals surface area contributed by atoms with E-state index >= 15 is 0 Å². The predicted octanol–water partition coefficient (Wildman–Crippen LogP) is 21.0. The van der Waals surface area contributed by atoms with E-state index in [1.54, 1.807) is 24.5 Å². The van der Waals surface area contributed by atoms with Crippen LogP contribution in [0.15, 0.2) is 192 Å². The number of carbonyl (C=O) groups is 4. The number of aliphatic imine (C=N–C) groups is 1. The number of esters is 1. The first-order valence-electron chi connectivity index (χ1n) is 33.4. The number of hydrogen-bond acceptors (Lipinski definition) is 15. The zero-order chi connectivity index (χ0) is 77.6. The first-order chi connectivity index (χ1) is 51.0. The van der Waals surface area contributed by atoms with E-state index in [2.05, 4.69) is 37.3 Å². The molecule has 16 nitrogen and oxygen atoms in total. The molecule has 0 bridgehead atoms. The van der Waals surface area contributed by atoms with Crippen LogP contribution in [0, 0.1) is 53.2 Å². The molecule has 1 aliphatic heterocycles. The van der Waals surface area contributed by atoms with Gasteiger partial charge in [0.25, 0.3) is 0 Å². The van der Waals surface area contributed by atoms with Crippen LogP contribution < -0.4 is 5.73 Å². The molecule has 1 fully saturated rings. The van der Waals surface area contributed by atoms with Crippen molar-refractivity contribution in [3.05, 3.63) is 273 Å². The molecule has 107 heavy (non-hydrogen) atoms. The number of benzene rings is 8. The fraction of sp³-hybridized carbons (Fsp3) is 0.235. The molecular formula is C81H78Cl6N8O8S4. The van der Waals surface area contributed by atoms with Crippen LogP contribution in [0.25, 0.3) is 39.3 Å². The molecule has 4 heterocycles. The number of carbonyl (C=O) groups excluding carboxylic acids is 3. The number of H-pyrrole nitrogens is 1. The molecule has 556 valence electrons. The number of aliphatic carboxylic acids is 1. The highest BCUT2D eigenvalue weighted by atomic mass is 35.5. The van der Waals surface area contributed by atoms with Crippen molar-refractivity contribution in [2.75, 3.05) is 38.4 Å². The first-order valence-corrected chi connectivity index (χ1v) is 38.4. The summed E-state index contributed by atoms with van der Waals surface area (Å²) in [6.07, 6.45) is 6.09. The molecule has 3 aromatic heterocycles. The van der Waals surface area contributed by atoms with Gasteiger partial charge in [-0.2, -0.15) is 4.99 Å². The highest BCUT2D eigenvalue weighted by Gasteiger charge is 2.28. The standard InChI is InChI=1S/C29H26Cl2N2O3S.C28H24Cl2N2O3S.C11H11ClN2S.C8H6ClNS.C5H11NO2/c1-18-4-11-27(26(31)12-18)33-19(2)16-32-29(33)37-17-24(34)14-23-10-9-22(15-25(23)30)21-7-5-20(6-8-21)13-28(35)36-3;1-17-3-10-26(25(30)11-17)32-18(2)15-31-28(32)36-16-23(33)13-22-9-8-21(14-24(22)29)20-6-4-19(5-7-20)12-27(34)35;1-7-3-4-10(9(12)5-7)14-8(2)6-13-11(14)15;1-6-2-3-8(10-5-11)7(9)4-6;1-5(4-6)7-2-3-8-5/h4-12,15-16H,13-14,17H2,1-3H3;3-11,14-15H,12-13,16H2,1-2H3,(H,34,35);3-6H,1-2H3,(H,13,15);2-4H,1H3;2-4,6H2,1H3. The Bertz CT molecular complexity index is 5090. The number of halogens is 6. The summed E-state index contributed by atoms with van der Waals surface area (Å²) in [7, 11) is 1.38. The first kappa shape index (κ1) is 84.6. The lowest BCUT2D eigenvalue weighted by Crippen LogP contribution is -2.35. The SMILES string of the molecule is CC1(CN)OCCO1.COC(=O)Cc1ccc(-c2ccc(CC(=O)CSc3ncc(C)n3-c3ccc(C)cc3Cl)c(Cl)c2)cc1.Cc1ccc(-n2c(C)c[nH]c2=S)c(Cl)c1.Cc1ccc(-n2c(C)cnc2SCC(=O)Cc2ccc(-c3ccc(CC(=O)O)cc3)cc2Cl)c(Cl)c1.Cc1ccc(N=C=S)c(Cl)c1. The second-order valence-electron chi connectivity index (χ2n) is 25.0. The summed E-state index contributed by atoms with van der Waals surface area (Å²) >= 11 is 50.4. The van der Waals surface area contributed by atoms with Crippen LogP contribution >= 0.6 is 118 Å². The Hall–Kier alpha value is -7.99. The number of ketones is 2. The smallest absolute Gasteiger partial charge is 0.309 e. The summed E-state index contributed by atoms with van der Waals surface area (Å²) in [5, 5.41) is 16.3. The van der Waals surface area contributed by atoms with E-state index in [1.165, 1.54) is 30.6 Å². The number of carboxylic acid groups (broad SMARTS) is 1. The highest BCUT2D eigenvalue weighted by Crippen LogP contribution is 2.34. The second kappa shape index (κ2) is 40.4. The molecule has 0 radical (unpaired) electrons. The van der Waals surface area contributed by atoms with E-state index in [-0.39, 0.29) is 54.7 Å². The molecule has 11 aromatic rings. The quantitative estimate of drug-likeness (QED) is 0.0264. The van der Waals surface area contributed by atoms with E-state index in [1.807, 2.05) is 221 Å². The van der Waals surface area contributed by atoms with Gasteiger partial charge < -0.3 is 30.0 Å². The summed E-state index contributed by atoms with van der Waals surface area (Å²) in [6, 6.07) is 49.6. The van der Waals surface area contributed by atoms with E-state index < -0.39 is 11.8 Å². The number of nitrogens with two attached hydrogens (primary N) is 1. The van der Waals surface area contributed by atoms with Gasteiger partial charge >= 0.3 is 11.9 Å². The van der Waals surface area contributed by atoms with Gasteiger partial charge in [0, 0.05) is 65.1 Å². The maximum absolute atomic E-state index is 12.8. The monoisotopic (exact) mass is 1630 g/mol. The average molecular weight is 1630 g/mol. The van der Waals surface area contributed by atoms with Gasteiger partial charge in [-0.3, -0.25) is 32.9 Å². The molecule has 0 unspecified atom stereocenters. The normalized spacial score (nSPS) is 11.9. The van der Waals surface area contributed by atoms with E-state index in [4.69, 9.17) is 107 Å². The largest absolute Gasteiger partial charge is 0.481 e. The molecule has 12 rings (SSSR count). The summed E-state index contributed by atoms with van der Waals surface area (Å²) < 4.78 is 21.5. The molecule has 0 atom stereocenters. The van der Waals surface area contributed by atoms with Crippen molar-refractivity contribution in [1.29, 1.82) is 0 Å². The number of rotatable bonds is 21. The lowest BCUT2D eigenvalue weighted by molar-refractivity contribution is -0.140. The Kier molecular flexibility index (Phi) is 32.0. The molecule has 0 aliphatic carbocycles. The van der Waals surface area contributed by atoms with Crippen molar-refractivity contribution < 1.29 is 38.5 Å². The number of carboxylic acids is 1. The molecule has 0 spiro atoms. The Labute approximate surface area is 671 Å². The number of hydrogen-bond donors (Lipinski definition) is 3. The fourth-order valence-electron chi connectivity index (χ4n) is 10.8. The number of thioether (sulfide) groups is 2. The number of ether oxygens (including phenoxy) is 3. The van der Waals surface area contributed by atoms with E-state index in [0.717, 1.165) is 101 Å². The Morgan fingerprint density at radius 1 is 0.551 bits per heavy atom. The third-order valence-electron chi connectivity index (χ3n) is 16.5. The van der Waals surface area contributed by atoms with Crippen LogP contribution in [0.2, 0.25) is 30.1 Å². The van der Waals surface area contributed by atoms with Crippen LogP contribution in [0.3, 0.4) is 0 Å². The second-order valence-corrected chi connectivity index (χ2v) is 29.9. The molecular weight excluding hydrogens is 1550 g/mol. The van der Waals surface area contributed by atoms with Crippen molar-refractivity contribution in [3.63, 3.8) is 0 Å². The minimum atomic E-state index is -0.865. The van der Waals surface area contributed by atoms with E-state index in [0.29, 0.717) is 70.7 Å². The van der Waals surface area contributed by atoms with Gasteiger partial charge in [0.1, 0.15) is 11.6 Å². The Balaban J connectivity index is 0.000000189. The zero-order valence-electron chi connectivity index (χ0n) is 60.1. The molecule has 26 heteroatoms. The lowest BCUT2D eigenvalue weighted by atomic mass is 10.0. The number of methoxy groups -OCH3 is 1. The van der Waals surface area contributed by atoms with Crippen LogP contribution in [0.4, 0.5) is 5.69 Å². The summed E-state index contributed by atoms with van der Waals surface area (Å²) in [5.41, 5.74) is 22.8. The van der Waals surface area contributed by atoms with Crippen LogP contribution in [0.1, 0.15) is 68.5 Å². The number of isothiocyanates is 1. The van der Waals surface area contributed by atoms with Crippen molar-refractivity contribution in [2.24, 2.45) is 10.7 Å². The van der Waals surface area contributed by atoms with E-state index in [9.17, 15) is 19.2 Å². The maximum atomic E-state index is 12.8. The van der Waals surface area contributed by atoms with Crippen LogP contribution in [-0.2, 0) is 59.1 Å². The molecule has 0 amide bonds. The number of nitrogens with zero attached hydrogens (tertiary/aromatic N) is 6. The molecule has 4 N–H and O–H groups in total. The van der Waals surface area contributed by atoms with Gasteiger partial charge in [-0.15, -0.1) is 0 Å². The Morgan fingerprint density at radius 3 is 1.31 bits per heavy atom. The summed E-state index contributed by atoms with van der Waals surface area (Å²) in [6.45, 7) is 17.5. The summed E-state index contributed by atoms with van der Waals surface area (Å²) in [4.78, 5) is 63.7. The van der Waals surface area contributed by atoms with Gasteiger partial charge in [0.2, 0.25) is 0 Å². The number of thiocarbonyl (C=S) groups is 1. The minimum Gasteiger partial charge on any atom is -0.481 e. The summed E-state index contributed by atoms with van der Waals surface area (Å²) in [5.74, 6) is -1.02. The van der Waals surface area contributed by atoms with Crippen molar-refractivity contribution in [2.45, 2.75) is 97.2 Å². The van der Waals surface area contributed by atoms with Gasteiger partial charge in [0.15, 0.2) is 20.9 Å². The number of imidazole rings is 3. The number of aromatic amines is 1. The van der Waals surface area contributed by atoms with Crippen molar-refractivity contribution in [3.8, 4) is 39.3 Å². The van der Waals surface area contributed by atoms with Crippen molar-refractivity contribution >= 4 is 152 Å². The van der Waals surface area contributed by atoms with Gasteiger partial charge in [-0.1, -0.05) is 190 Å². The van der Waals surface area contributed by atoms with Crippen LogP contribution in [0.5, 0.6) is 0 Å². The van der Waals surface area contributed by atoms with Crippen molar-refractivity contribution in [1.82, 2.24) is 28.7 Å². The molecule has 0 saturated carbocycles. The van der Waals surface area contributed by atoms with Crippen LogP contribution in [-0.4, -0.2) is 107 Å². The van der Waals surface area contributed by atoms with Gasteiger partial charge in [0.05, 0.1) is 92.7 Å². The average Bonchev–Trinajstić information content (AvgIpc) is 1.76.